The standard InChI is InChI=1S/C10H6F6O2/c1-4(17)7-5(10(14,15)16)2-3-6(11)8(7)18-9(12)13/h2-3,9H,1H3. The van der Waals surface area contributed by atoms with Gasteiger partial charge in [-0.2, -0.15) is 22.0 Å². The van der Waals surface area contributed by atoms with Gasteiger partial charge in [-0.15, -0.1) is 0 Å². The first kappa shape index (κ1) is 14.3. The third-order valence-corrected chi connectivity index (χ3v) is 1.97. The molecule has 100 valence electrons. The second kappa shape index (κ2) is 4.87. The van der Waals surface area contributed by atoms with Crippen molar-refractivity contribution >= 4 is 5.78 Å². The molecule has 0 saturated heterocycles. The Morgan fingerprint density at radius 2 is 1.83 bits per heavy atom. The molecule has 1 aromatic carbocycles. The van der Waals surface area contributed by atoms with Gasteiger partial charge >= 0.3 is 12.8 Å². The Morgan fingerprint density at radius 3 is 2.22 bits per heavy atom. The smallest absolute Gasteiger partial charge is 0.417 e. The van der Waals surface area contributed by atoms with E-state index in [-0.39, 0.29) is 0 Å². The van der Waals surface area contributed by atoms with E-state index in [9.17, 15) is 31.1 Å². The van der Waals surface area contributed by atoms with E-state index in [1.165, 1.54) is 0 Å². The fraction of sp³-hybridized carbons (Fsp3) is 0.300. The second-order valence-corrected chi connectivity index (χ2v) is 3.23. The SMILES string of the molecule is CC(=O)c1c(C(F)(F)F)ccc(F)c1OC(F)F. The Morgan fingerprint density at radius 1 is 1.28 bits per heavy atom. The van der Waals surface area contributed by atoms with Crippen LogP contribution in [0.25, 0.3) is 0 Å². The number of Topliss-reactive ketones (excluding diaryl/α,β-unsaturated/α-hetero) is 1. The topological polar surface area (TPSA) is 26.3 Å². The van der Waals surface area contributed by atoms with Crippen molar-refractivity contribution in [1.82, 2.24) is 0 Å². The zero-order valence-electron chi connectivity index (χ0n) is 8.82. The average Bonchev–Trinajstić information content (AvgIpc) is 2.17. The number of hydrogen-bond donors (Lipinski definition) is 0. The summed E-state index contributed by atoms with van der Waals surface area (Å²) in [6, 6.07) is 0.609. The molecule has 0 amide bonds. The highest BCUT2D eigenvalue weighted by molar-refractivity contribution is 5.98. The van der Waals surface area contributed by atoms with Crippen LogP contribution in [0.2, 0.25) is 0 Å². The van der Waals surface area contributed by atoms with Gasteiger partial charge in [-0.3, -0.25) is 4.79 Å². The van der Waals surface area contributed by atoms with Crippen molar-refractivity contribution in [2.45, 2.75) is 19.7 Å². The molecular formula is C10H6F6O2. The van der Waals surface area contributed by atoms with Crippen molar-refractivity contribution in [2.75, 3.05) is 0 Å². The predicted molar refractivity (Wildman–Crippen MR) is 48.0 cm³/mol. The van der Waals surface area contributed by atoms with Gasteiger partial charge in [0.2, 0.25) is 0 Å². The number of benzene rings is 1. The van der Waals surface area contributed by atoms with Crippen LogP contribution in [-0.4, -0.2) is 12.4 Å². The zero-order valence-corrected chi connectivity index (χ0v) is 8.82. The molecule has 0 bridgehead atoms. The zero-order chi connectivity index (χ0) is 14.1. The van der Waals surface area contributed by atoms with Crippen molar-refractivity contribution in [1.29, 1.82) is 0 Å². The van der Waals surface area contributed by atoms with Crippen LogP contribution in [0.15, 0.2) is 12.1 Å². The first-order chi connectivity index (χ1) is 8.14. The van der Waals surface area contributed by atoms with Gasteiger partial charge < -0.3 is 4.74 Å². The minimum absolute atomic E-state index is 0.296. The molecule has 1 aromatic rings. The summed E-state index contributed by atoms with van der Waals surface area (Å²) >= 11 is 0. The third kappa shape index (κ3) is 2.93. The molecular weight excluding hydrogens is 266 g/mol. The van der Waals surface area contributed by atoms with Crippen molar-refractivity contribution in [3.8, 4) is 5.75 Å². The summed E-state index contributed by atoms with van der Waals surface area (Å²) in [7, 11) is 0. The van der Waals surface area contributed by atoms with E-state index in [0.29, 0.717) is 19.1 Å². The Labute approximate surface area is 97.2 Å². The summed E-state index contributed by atoms with van der Waals surface area (Å²) in [6.45, 7) is -2.84. The molecule has 8 heteroatoms. The van der Waals surface area contributed by atoms with Crippen LogP contribution in [0.1, 0.15) is 22.8 Å². The highest BCUT2D eigenvalue weighted by atomic mass is 19.4. The first-order valence-corrected chi connectivity index (χ1v) is 4.50. The lowest BCUT2D eigenvalue weighted by Crippen LogP contribution is -2.16. The number of ether oxygens (including phenoxy) is 1. The molecule has 0 saturated carbocycles. The van der Waals surface area contributed by atoms with Crippen LogP contribution in [0.4, 0.5) is 26.3 Å². The lowest BCUT2D eigenvalue weighted by Gasteiger charge is -2.15. The highest BCUT2D eigenvalue weighted by Crippen LogP contribution is 2.38. The normalized spacial score (nSPS) is 11.8. The lowest BCUT2D eigenvalue weighted by atomic mass is 10.0. The maximum absolute atomic E-state index is 13.2. The summed E-state index contributed by atoms with van der Waals surface area (Å²) in [6.07, 6.45) is -4.98. The molecule has 0 aliphatic rings. The second-order valence-electron chi connectivity index (χ2n) is 3.23. The molecule has 1 rings (SSSR count). The number of hydrogen-bond acceptors (Lipinski definition) is 2. The molecule has 0 atom stereocenters. The van der Waals surface area contributed by atoms with Crippen LogP contribution in [-0.2, 0) is 6.18 Å². The summed E-state index contributed by atoms with van der Waals surface area (Å²) in [5.74, 6) is -4.08. The van der Waals surface area contributed by atoms with E-state index in [1.54, 1.807) is 0 Å². The van der Waals surface area contributed by atoms with E-state index in [2.05, 4.69) is 4.74 Å². The van der Waals surface area contributed by atoms with Gasteiger partial charge in [0.25, 0.3) is 0 Å². The number of ketones is 1. The largest absolute Gasteiger partial charge is 0.431 e. The molecule has 0 unspecified atom stereocenters. The minimum atomic E-state index is -4.98. The summed E-state index contributed by atoms with van der Waals surface area (Å²) in [5, 5.41) is 0. The van der Waals surface area contributed by atoms with Crippen LogP contribution in [0.5, 0.6) is 5.75 Å². The molecule has 0 heterocycles. The Kier molecular flexibility index (Phi) is 3.88. The summed E-state index contributed by atoms with van der Waals surface area (Å²) in [4.78, 5) is 11.1. The van der Waals surface area contributed by atoms with Gasteiger partial charge in [0, 0.05) is 0 Å². The van der Waals surface area contributed by atoms with E-state index >= 15 is 0 Å². The Balaban J connectivity index is 3.53. The van der Waals surface area contributed by atoms with E-state index in [1.807, 2.05) is 0 Å². The average molecular weight is 272 g/mol. The monoisotopic (exact) mass is 272 g/mol. The molecule has 2 nitrogen and oxygen atoms in total. The van der Waals surface area contributed by atoms with Gasteiger partial charge in [-0.25, -0.2) is 4.39 Å². The fourth-order valence-corrected chi connectivity index (χ4v) is 1.35. The summed E-state index contributed by atoms with van der Waals surface area (Å²) in [5.41, 5.74) is -2.77. The van der Waals surface area contributed by atoms with Crippen LogP contribution in [0, 0.1) is 5.82 Å². The van der Waals surface area contributed by atoms with E-state index in [0.717, 1.165) is 0 Å². The number of halogens is 6. The van der Waals surface area contributed by atoms with E-state index < -0.39 is 41.3 Å². The van der Waals surface area contributed by atoms with Crippen LogP contribution < -0.4 is 4.74 Å². The lowest BCUT2D eigenvalue weighted by molar-refractivity contribution is -0.138. The molecule has 0 aromatic heterocycles. The van der Waals surface area contributed by atoms with Gasteiger partial charge in [0.1, 0.15) is 0 Å². The highest BCUT2D eigenvalue weighted by Gasteiger charge is 2.37. The van der Waals surface area contributed by atoms with Crippen molar-refractivity contribution in [3.63, 3.8) is 0 Å². The van der Waals surface area contributed by atoms with Gasteiger partial charge in [0.05, 0.1) is 11.1 Å². The Hall–Kier alpha value is -1.73. The van der Waals surface area contributed by atoms with Gasteiger partial charge in [-0.05, 0) is 19.1 Å². The van der Waals surface area contributed by atoms with Gasteiger partial charge in [0.15, 0.2) is 17.3 Å². The molecule has 0 fully saturated rings. The van der Waals surface area contributed by atoms with E-state index in [4.69, 9.17) is 0 Å². The van der Waals surface area contributed by atoms with Crippen molar-refractivity contribution in [3.05, 3.63) is 29.1 Å². The molecule has 18 heavy (non-hydrogen) atoms. The number of alkyl halides is 5. The maximum atomic E-state index is 13.2. The third-order valence-electron chi connectivity index (χ3n) is 1.97. The molecule has 0 radical (unpaired) electrons. The quantitative estimate of drug-likeness (QED) is 0.620. The molecule has 0 aliphatic heterocycles. The fourth-order valence-electron chi connectivity index (χ4n) is 1.35. The molecule has 0 N–H and O–H groups in total. The number of rotatable bonds is 3. The number of carbonyl (C=O) groups is 1. The van der Waals surface area contributed by atoms with Crippen LogP contribution >= 0.6 is 0 Å². The molecule has 0 spiro atoms. The number of carbonyl (C=O) groups excluding carboxylic acids is 1. The minimum Gasteiger partial charge on any atom is -0.431 e. The van der Waals surface area contributed by atoms with Crippen molar-refractivity contribution < 1.29 is 35.9 Å². The predicted octanol–water partition coefficient (Wildman–Crippen LogP) is 3.65. The van der Waals surface area contributed by atoms with Crippen molar-refractivity contribution in [2.24, 2.45) is 0 Å². The first-order valence-electron chi connectivity index (χ1n) is 4.50. The maximum Gasteiger partial charge on any atom is 0.417 e. The van der Waals surface area contributed by atoms with Gasteiger partial charge in [-0.1, -0.05) is 0 Å². The Bertz CT molecular complexity index is 466. The molecule has 0 aliphatic carbocycles. The summed E-state index contributed by atoms with van der Waals surface area (Å²) < 4.78 is 78.4. The van der Waals surface area contributed by atoms with Crippen LogP contribution in [0.3, 0.4) is 0 Å².